The van der Waals surface area contributed by atoms with E-state index >= 15 is 0 Å². The molecular weight excluding hydrogens is 204 g/mol. The second-order valence-corrected chi connectivity index (χ2v) is 3.41. The smallest absolute Gasteiger partial charge is 0.335 e. The molecule has 0 atom stereocenters. The van der Waals surface area contributed by atoms with Gasteiger partial charge >= 0.3 is 5.97 Å². The van der Waals surface area contributed by atoms with Gasteiger partial charge in [-0.1, -0.05) is 12.1 Å². The van der Waals surface area contributed by atoms with Crippen molar-refractivity contribution in [2.45, 2.75) is 13.5 Å². The Morgan fingerprint density at radius 2 is 2.00 bits per heavy atom. The van der Waals surface area contributed by atoms with Gasteiger partial charge in [-0.25, -0.2) is 4.79 Å². The Kier molecular flexibility index (Phi) is 2.72. The van der Waals surface area contributed by atoms with E-state index in [0.717, 1.165) is 17.8 Å². The zero-order valence-electron chi connectivity index (χ0n) is 8.92. The summed E-state index contributed by atoms with van der Waals surface area (Å²) in [4.78, 5) is 10.7. The number of rotatable bonds is 3. The lowest BCUT2D eigenvalue weighted by atomic mass is 10.1. The summed E-state index contributed by atoms with van der Waals surface area (Å²) in [6.45, 7) is 2.81. The lowest BCUT2D eigenvalue weighted by Gasteiger charge is -2.04. The molecule has 0 aliphatic heterocycles. The minimum Gasteiger partial charge on any atom is -0.478 e. The summed E-state index contributed by atoms with van der Waals surface area (Å²) < 4.78 is 1.87. The van der Waals surface area contributed by atoms with Crippen LogP contribution in [0.4, 0.5) is 0 Å². The summed E-state index contributed by atoms with van der Waals surface area (Å²) in [5.41, 5.74) is 2.27. The number of aryl methyl sites for hydroxylation is 1. The van der Waals surface area contributed by atoms with Gasteiger partial charge in [-0.15, -0.1) is 0 Å². The predicted molar refractivity (Wildman–Crippen MR) is 60.3 cm³/mol. The number of hydrogen-bond donors (Lipinski definition) is 1. The molecule has 0 unspecified atom stereocenters. The third-order valence-corrected chi connectivity index (χ3v) is 2.44. The number of carboxylic acids is 1. The van der Waals surface area contributed by atoms with Crippen LogP contribution in [0.5, 0.6) is 0 Å². The van der Waals surface area contributed by atoms with Crippen LogP contribution in [0.2, 0.25) is 0 Å². The van der Waals surface area contributed by atoms with Gasteiger partial charge in [0, 0.05) is 12.7 Å². The van der Waals surface area contributed by atoms with Crippen LogP contribution in [0.1, 0.15) is 17.3 Å². The summed E-state index contributed by atoms with van der Waals surface area (Å²) >= 11 is 0. The Hall–Kier alpha value is -2.10. The topological polar surface area (TPSA) is 55.1 Å². The standard InChI is InChI=1S/C12H12N2O2/c1-2-14-11(7-8-13-14)9-3-5-10(6-4-9)12(15)16/h3-8H,2H2,1H3,(H,15,16). The van der Waals surface area contributed by atoms with E-state index in [1.807, 2.05) is 17.7 Å². The fraction of sp³-hybridized carbons (Fsp3) is 0.167. The molecule has 0 radical (unpaired) electrons. The molecule has 4 heteroatoms. The molecule has 0 fully saturated rings. The second kappa shape index (κ2) is 4.18. The SMILES string of the molecule is CCn1nccc1-c1ccc(C(=O)O)cc1. The molecule has 1 aromatic heterocycles. The molecule has 0 spiro atoms. The largest absolute Gasteiger partial charge is 0.478 e. The van der Waals surface area contributed by atoms with Crippen molar-refractivity contribution in [3.63, 3.8) is 0 Å². The van der Waals surface area contributed by atoms with Crippen molar-refractivity contribution in [2.75, 3.05) is 0 Å². The fourth-order valence-electron chi connectivity index (χ4n) is 1.61. The first-order chi connectivity index (χ1) is 7.72. The van der Waals surface area contributed by atoms with Crippen LogP contribution in [-0.4, -0.2) is 20.9 Å². The molecule has 0 saturated heterocycles. The highest BCUT2D eigenvalue weighted by atomic mass is 16.4. The molecule has 1 N–H and O–H groups in total. The summed E-state index contributed by atoms with van der Waals surface area (Å²) in [5.74, 6) is -0.907. The highest BCUT2D eigenvalue weighted by Gasteiger charge is 2.06. The van der Waals surface area contributed by atoms with Crippen LogP contribution < -0.4 is 0 Å². The van der Waals surface area contributed by atoms with E-state index < -0.39 is 5.97 Å². The minimum absolute atomic E-state index is 0.298. The molecule has 2 rings (SSSR count). The number of nitrogens with zero attached hydrogens (tertiary/aromatic N) is 2. The van der Waals surface area contributed by atoms with E-state index in [1.165, 1.54) is 0 Å². The van der Waals surface area contributed by atoms with Crippen LogP contribution in [0.25, 0.3) is 11.3 Å². The molecule has 0 bridgehead atoms. The van der Waals surface area contributed by atoms with Crippen LogP contribution in [0, 0.1) is 0 Å². The summed E-state index contributed by atoms with van der Waals surface area (Å²) in [6.07, 6.45) is 1.74. The number of benzene rings is 1. The van der Waals surface area contributed by atoms with Crippen LogP contribution in [-0.2, 0) is 6.54 Å². The van der Waals surface area contributed by atoms with Gasteiger partial charge in [-0.2, -0.15) is 5.10 Å². The summed E-state index contributed by atoms with van der Waals surface area (Å²) in [6, 6.07) is 8.72. The molecule has 4 nitrogen and oxygen atoms in total. The summed E-state index contributed by atoms with van der Waals surface area (Å²) in [7, 11) is 0. The molecular formula is C12H12N2O2. The first-order valence-corrected chi connectivity index (χ1v) is 5.08. The van der Waals surface area contributed by atoms with Gasteiger partial charge in [0.05, 0.1) is 11.3 Å². The van der Waals surface area contributed by atoms with E-state index in [-0.39, 0.29) is 0 Å². The highest BCUT2D eigenvalue weighted by Crippen LogP contribution is 2.19. The van der Waals surface area contributed by atoms with Crippen LogP contribution in [0.3, 0.4) is 0 Å². The zero-order valence-corrected chi connectivity index (χ0v) is 8.92. The maximum Gasteiger partial charge on any atom is 0.335 e. The van der Waals surface area contributed by atoms with Gasteiger partial charge in [0.1, 0.15) is 0 Å². The van der Waals surface area contributed by atoms with Crippen LogP contribution in [0.15, 0.2) is 36.5 Å². The normalized spacial score (nSPS) is 10.3. The van der Waals surface area contributed by atoms with Crippen molar-refractivity contribution in [3.05, 3.63) is 42.1 Å². The van der Waals surface area contributed by atoms with Gasteiger partial charge in [0.2, 0.25) is 0 Å². The van der Waals surface area contributed by atoms with Crippen LogP contribution >= 0.6 is 0 Å². The lowest BCUT2D eigenvalue weighted by molar-refractivity contribution is 0.0697. The van der Waals surface area contributed by atoms with Gasteiger partial charge in [-0.3, -0.25) is 4.68 Å². The predicted octanol–water partition coefficient (Wildman–Crippen LogP) is 2.27. The third-order valence-electron chi connectivity index (χ3n) is 2.44. The highest BCUT2D eigenvalue weighted by molar-refractivity contribution is 5.88. The Bertz CT molecular complexity index is 500. The molecule has 0 aliphatic carbocycles. The van der Waals surface area contributed by atoms with Gasteiger partial charge < -0.3 is 5.11 Å². The molecule has 0 saturated carbocycles. The van der Waals surface area contributed by atoms with Crippen molar-refractivity contribution < 1.29 is 9.90 Å². The minimum atomic E-state index is -0.907. The summed E-state index contributed by atoms with van der Waals surface area (Å²) in [5, 5.41) is 13.0. The first-order valence-electron chi connectivity index (χ1n) is 5.08. The quantitative estimate of drug-likeness (QED) is 0.856. The first kappa shape index (κ1) is 10.4. The van der Waals surface area contributed by atoms with Crippen molar-refractivity contribution in [3.8, 4) is 11.3 Å². The Morgan fingerprint density at radius 1 is 1.31 bits per heavy atom. The molecule has 2 aromatic rings. The maximum atomic E-state index is 10.7. The fourth-order valence-corrected chi connectivity index (χ4v) is 1.61. The number of aromatic carboxylic acids is 1. The maximum absolute atomic E-state index is 10.7. The van der Waals surface area contributed by atoms with Crippen molar-refractivity contribution >= 4 is 5.97 Å². The van der Waals surface area contributed by atoms with E-state index in [0.29, 0.717) is 5.56 Å². The number of carbonyl (C=O) groups is 1. The monoisotopic (exact) mass is 216 g/mol. The molecule has 1 heterocycles. The number of hydrogen-bond acceptors (Lipinski definition) is 2. The Morgan fingerprint density at radius 3 is 2.56 bits per heavy atom. The number of aromatic nitrogens is 2. The average Bonchev–Trinajstić information content (AvgIpc) is 2.77. The van der Waals surface area contributed by atoms with E-state index in [1.54, 1.807) is 30.5 Å². The lowest BCUT2D eigenvalue weighted by Crippen LogP contribution is -1.99. The van der Waals surface area contributed by atoms with Gasteiger partial charge in [-0.05, 0) is 30.7 Å². The second-order valence-electron chi connectivity index (χ2n) is 3.41. The van der Waals surface area contributed by atoms with Gasteiger partial charge in [0.25, 0.3) is 0 Å². The van der Waals surface area contributed by atoms with Crippen molar-refractivity contribution in [1.29, 1.82) is 0 Å². The van der Waals surface area contributed by atoms with Gasteiger partial charge in [0.15, 0.2) is 0 Å². The molecule has 1 aromatic carbocycles. The van der Waals surface area contributed by atoms with E-state index in [9.17, 15) is 4.79 Å². The zero-order chi connectivity index (χ0) is 11.5. The molecule has 82 valence electrons. The average molecular weight is 216 g/mol. The molecule has 0 amide bonds. The third kappa shape index (κ3) is 1.82. The Labute approximate surface area is 93.1 Å². The van der Waals surface area contributed by atoms with E-state index in [4.69, 9.17) is 5.11 Å². The number of carboxylic acid groups (broad SMARTS) is 1. The molecule has 16 heavy (non-hydrogen) atoms. The van der Waals surface area contributed by atoms with E-state index in [2.05, 4.69) is 5.10 Å². The molecule has 0 aliphatic rings. The van der Waals surface area contributed by atoms with Crippen molar-refractivity contribution in [1.82, 2.24) is 9.78 Å². The Balaban J connectivity index is 2.38. The van der Waals surface area contributed by atoms with Crippen molar-refractivity contribution in [2.24, 2.45) is 0 Å².